The van der Waals surface area contributed by atoms with Gasteiger partial charge < -0.3 is 35.4 Å². The Morgan fingerprint density at radius 2 is 1.81 bits per heavy atom. The van der Waals surface area contributed by atoms with E-state index >= 15 is 0 Å². The van der Waals surface area contributed by atoms with Crippen LogP contribution < -0.4 is 20.3 Å². The maximum atomic E-state index is 14.3. The summed E-state index contributed by atoms with van der Waals surface area (Å²) in [5.41, 5.74) is 4.08. The number of carbonyl (C=O) groups is 2. The Kier molecular flexibility index (Phi) is 12.9. The molecule has 4 N–H and O–H groups in total. The second-order valence-electron chi connectivity index (χ2n) is 17.5. The highest BCUT2D eigenvalue weighted by molar-refractivity contribution is 5.97. The predicted molar refractivity (Wildman–Crippen MR) is 210 cm³/mol. The second-order valence-corrected chi connectivity index (χ2v) is 17.5. The number of nitrogens with one attached hydrogen (secondary N) is 2. The zero-order valence-corrected chi connectivity index (χ0v) is 33.8. The molecule has 6 rings (SSSR count). The smallest absolute Gasteiger partial charge is 0.251 e. The summed E-state index contributed by atoms with van der Waals surface area (Å²) < 4.78 is 6.09. The minimum Gasteiger partial charge on any atom is -0.496 e. The van der Waals surface area contributed by atoms with Crippen LogP contribution in [-0.2, 0) is 16.2 Å². The van der Waals surface area contributed by atoms with E-state index in [-0.39, 0.29) is 42.5 Å². The van der Waals surface area contributed by atoms with Crippen LogP contribution >= 0.6 is 0 Å². The van der Waals surface area contributed by atoms with Gasteiger partial charge in [0.15, 0.2) is 0 Å². The van der Waals surface area contributed by atoms with Gasteiger partial charge in [0.25, 0.3) is 5.91 Å². The van der Waals surface area contributed by atoms with Gasteiger partial charge >= 0.3 is 0 Å². The number of likely N-dealkylation sites (N-methyl/N-ethyl adjacent to an activating group) is 1. The number of fused-ring (bicyclic) bond motifs is 2. The maximum Gasteiger partial charge on any atom is 0.251 e. The topological polar surface area (TPSA) is 127 Å². The molecule has 1 unspecified atom stereocenters. The number of hydroxylamine groups is 2. The molecule has 9 atom stereocenters. The third kappa shape index (κ3) is 8.70. The van der Waals surface area contributed by atoms with E-state index in [2.05, 4.69) is 50.2 Å². The summed E-state index contributed by atoms with van der Waals surface area (Å²) in [5.74, 6) is 1.52. The number of nitrogens with zero attached hydrogens (tertiary/aromatic N) is 3. The third-order valence-electron chi connectivity index (χ3n) is 12.4. The molecule has 3 saturated carbocycles. The van der Waals surface area contributed by atoms with E-state index < -0.39 is 24.2 Å². The normalized spacial score (nSPS) is 27.6. The fourth-order valence-corrected chi connectivity index (χ4v) is 9.44. The molecule has 4 aliphatic rings. The van der Waals surface area contributed by atoms with Crippen molar-refractivity contribution >= 4 is 17.5 Å². The zero-order chi connectivity index (χ0) is 38.9. The molecule has 1 heterocycles. The van der Waals surface area contributed by atoms with Crippen LogP contribution in [-0.4, -0.2) is 111 Å². The van der Waals surface area contributed by atoms with Crippen LogP contribution in [0.1, 0.15) is 76.7 Å². The molecule has 0 spiro atoms. The largest absolute Gasteiger partial charge is 0.496 e. The van der Waals surface area contributed by atoms with Crippen molar-refractivity contribution in [3.05, 3.63) is 47.5 Å². The number of rotatable bonds is 15. The number of hydrogen-bond acceptors (Lipinski definition) is 9. The van der Waals surface area contributed by atoms with E-state index in [1.807, 2.05) is 69.5 Å². The third-order valence-corrected chi connectivity index (χ3v) is 12.4. The molecule has 1 aliphatic heterocycles. The fraction of sp³-hybridized carbons (Fsp3) is 0.667. The Balaban J connectivity index is 1.45. The van der Waals surface area contributed by atoms with Gasteiger partial charge in [0.05, 0.1) is 26.4 Å². The number of anilines is 1. The highest BCUT2D eigenvalue weighted by Crippen LogP contribution is 2.61. The molecule has 11 nitrogen and oxygen atoms in total. The van der Waals surface area contributed by atoms with Crippen molar-refractivity contribution in [1.82, 2.24) is 20.6 Å². The molecule has 2 bridgehead atoms. The second kappa shape index (κ2) is 16.7. The molecule has 4 fully saturated rings. The van der Waals surface area contributed by atoms with Crippen LogP contribution in [0, 0.1) is 35.0 Å². The minimum absolute atomic E-state index is 0.000458. The highest BCUT2D eigenvalue weighted by atomic mass is 16.7. The standard InChI is InChI=1S/C42H65N5O6/c1-24(2)15-31(22-45(7)8)43-40(50)29-16-28(17-32(18-29)46(9)10)33-14-12-13-27(39(33)52-11)21-47-38(37(26(4)49)36(23-48)53-47)41(51)44-35-20-30-19-34(25(35)3)42(30,5)6/h12-14,16-18,24-26,30-31,34-38,48-49H,15,19-23H2,1-11H3,(H,43,50)(H,44,51)/t25-,26-,30?,31+,34-,35-,36-,37+,38-/m0/s1. The molecule has 1 saturated heterocycles. The quantitative estimate of drug-likeness (QED) is 0.204. The Hall–Kier alpha value is -3.22. The predicted octanol–water partition coefficient (Wildman–Crippen LogP) is 4.79. The molecule has 0 radical (unpaired) electrons. The van der Waals surface area contributed by atoms with Crippen molar-refractivity contribution in [3.8, 4) is 16.9 Å². The van der Waals surface area contributed by atoms with Crippen LogP contribution in [0.15, 0.2) is 36.4 Å². The number of hydrogen-bond donors (Lipinski definition) is 4. The minimum atomic E-state index is -0.895. The van der Waals surface area contributed by atoms with Gasteiger partial charge in [-0.3, -0.25) is 14.4 Å². The Labute approximate surface area is 317 Å². The van der Waals surface area contributed by atoms with Gasteiger partial charge in [-0.1, -0.05) is 52.8 Å². The van der Waals surface area contributed by atoms with E-state index in [9.17, 15) is 19.8 Å². The molecule has 2 aromatic rings. The summed E-state index contributed by atoms with van der Waals surface area (Å²) in [5, 5.41) is 29.5. The van der Waals surface area contributed by atoms with E-state index in [0.717, 1.165) is 41.8 Å². The van der Waals surface area contributed by atoms with Gasteiger partial charge in [-0.15, -0.1) is 0 Å². The van der Waals surface area contributed by atoms with Crippen LogP contribution in [0.2, 0.25) is 0 Å². The summed E-state index contributed by atoms with van der Waals surface area (Å²) in [6, 6.07) is 10.9. The molecular weight excluding hydrogens is 670 g/mol. The molecule has 2 amide bonds. The zero-order valence-electron chi connectivity index (χ0n) is 33.8. The Morgan fingerprint density at radius 1 is 1.09 bits per heavy atom. The van der Waals surface area contributed by atoms with Crippen LogP contribution in [0.3, 0.4) is 0 Å². The highest BCUT2D eigenvalue weighted by Gasteiger charge is 2.57. The first-order chi connectivity index (χ1) is 25.0. The fourth-order valence-electron chi connectivity index (χ4n) is 9.44. The number of para-hydroxylation sites is 1. The number of amides is 2. The monoisotopic (exact) mass is 735 g/mol. The van der Waals surface area contributed by atoms with Crippen LogP contribution in [0.4, 0.5) is 5.69 Å². The van der Waals surface area contributed by atoms with Crippen molar-refractivity contribution < 1.29 is 29.4 Å². The number of carbonyl (C=O) groups excluding carboxylic acids is 2. The van der Waals surface area contributed by atoms with Gasteiger partial charge in [0, 0.05) is 61.0 Å². The molecule has 294 valence electrons. The SMILES string of the molecule is COc1c(CN2O[C@@H](CO)[C@@H]([C@H](C)O)[C@H]2C(=O)N[C@H]2CC3C[C@@H]([C@@H]2C)C3(C)C)cccc1-c1cc(C(=O)N[C@H](CC(C)C)CN(C)C)cc(N(C)C)c1. The van der Waals surface area contributed by atoms with E-state index in [4.69, 9.17) is 9.57 Å². The number of aliphatic hydroxyl groups is 2. The number of benzene rings is 2. The lowest BCUT2D eigenvalue weighted by Gasteiger charge is -2.62. The van der Waals surface area contributed by atoms with Gasteiger partial charge in [0.1, 0.15) is 17.9 Å². The molecule has 2 aromatic carbocycles. The summed E-state index contributed by atoms with van der Waals surface area (Å²) in [4.78, 5) is 38.4. The van der Waals surface area contributed by atoms with Gasteiger partial charge in [-0.2, -0.15) is 5.06 Å². The number of aliphatic hydroxyl groups excluding tert-OH is 2. The lowest BCUT2D eigenvalue weighted by Crippen LogP contribution is -2.62. The summed E-state index contributed by atoms with van der Waals surface area (Å²) in [7, 11) is 9.54. The van der Waals surface area contributed by atoms with E-state index in [0.29, 0.717) is 35.0 Å². The van der Waals surface area contributed by atoms with Gasteiger partial charge in [0.2, 0.25) is 5.91 Å². The van der Waals surface area contributed by atoms with Crippen molar-refractivity contribution in [2.45, 2.75) is 97.7 Å². The van der Waals surface area contributed by atoms with E-state index in [1.54, 1.807) is 19.1 Å². The average molecular weight is 736 g/mol. The first-order valence-corrected chi connectivity index (χ1v) is 19.4. The Bertz CT molecular complexity index is 1580. The molecule has 11 heteroatoms. The van der Waals surface area contributed by atoms with Crippen molar-refractivity contribution in [2.24, 2.45) is 35.0 Å². The molecule has 53 heavy (non-hydrogen) atoms. The lowest BCUT2D eigenvalue weighted by atomic mass is 9.45. The van der Waals surface area contributed by atoms with Crippen molar-refractivity contribution in [1.29, 1.82) is 0 Å². The first-order valence-electron chi connectivity index (χ1n) is 19.4. The Morgan fingerprint density at radius 3 is 2.38 bits per heavy atom. The summed E-state index contributed by atoms with van der Waals surface area (Å²) >= 11 is 0. The summed E-state index contributed by atoms with van der Waals surface area (Å²) in [6.45, 7) is 13.5. The van der Waals surface area contributed by atoms with E-state index in [1.165, 1.54) is 6.42 Å². The van der Waals surface area contributed by atoms with Crippen molar-refractivity contribution in [2.75, 3.05) is 53.4 Å². The van der Waals surface area contributed by atoms with Gasteiger partial charge in [-0.25, -0.2) is 0 Å². The van der Waals surface area contributed by atoms with Crippen LogP contribution in [0.25, 0.3) is 11.1 Å². The summed E-state index contributed by atoms with van der Waals surface area (Å²) in [6.07, 6.45) is 1.36. The van der Waals surface area contributed by atoms with Crippen LogP contribution in [0.5, 0.6) is 5.75 Å². The maximum absolute atomic E-state index is 14.3. The van der Waals surface area contributed by atoms with Gasteiger partial charge in [-0.05, 0) is 93.1 Å². The van der Waals surface area contributed by atoms with Crippen molar-refractivity contribution in [3.63, 3.8) is 0 Å². The molecule has 3 aliphatic carbocycles. The number of methoxy groups -OCH3 is 1. The average Bonchev–Trinajstić information content (AvgIpc) is 3.46. The lowest BCUT2D eigenvalue weighted by molar-refractivity contribution is -0.183. The number of ether oxygens (including phenoxy) is 1. The molecular formula is C42H65N5O6. The first kappa shape index (κ1) is 41.0. The molecule has 0 aromatic heterocycles.